The molecule has 1 amide bonds. The lowest BCUT2D eigenvalue weighted by Crippen LogP contribution is -2.29. The SMILES string of the molecule is CN(CCCNC(=O)CSc1nnc(-c2ccncc2)n1-c1ccc(F)cc1)c1ccccc1. The topological polar surface area (TPSA) is 75.9 Å². The molecule has 0 aliphatic heterocycles. The smallest absolute Gasteiger partial charge is 0.230 e. The quantitative estimate of drug-likeness (QED) is 0.273. The van der Waals surface area contributed by atoms with E-state index in [9.17, 15) is 9.18 Å². The number of benzene rings is 2. The largest absolute Gasteiger partial charge is 0.375 e. The molecule has 2 aromatic heterocycles. The molecule has 4 rings (SSSR count). The first-order chi connectivity index (χ1) is 16.6. The van der Waals surface area contributed by atoms with E-state index in [2.05, 4.69) is 37.5 Å². The predicted octanol–water partition coefficient (Wildman–Crippen LogP) is 4.20. The second-order valence-electron chi connectivity index (χ2n) is 7.60. The third-order valence-corrected chi connectivity index (χ3v) is 6.11. The molecule has 9 heteroatoms. The molecule has 0 saturated heterocycles. The van der Waals surface area contributed by atoms with Crippen LogP contribution in [-0.4, -0.2) is 51.5 Å². The van der Waals surface area contributed by atoms with Crippen LogP contribution in [0.15, 0.2) is 84.3 Å². The maximum atomic E-state index is 13.5. The summed E-state index contributed by atoms with van der Waals surface area (Å²) in [5.41, 5.74) is 2.69. The molecule has 2 aromatic carbocycles. The van der Waals surface area contributed by atoms with Crippen molar-refractivity contribution in [3.05, 3.63) is 84.9 Å². The average molecular weight is 477 g/mol. The lowest BCUT2D eigenvalue weighted by atomic mass is 10.2. The van der Waals surface area contributed by atoms with Gasteiger partial charge in [0.25, 0.3) is 0 Å². The van der Waals surface area contributed by atoms with Crippen LogP contribution in [0.25, 0.3) is 17.1 Å². The number of nitrogens with zero attached hydrogens (tertiary/aromatic N) is 5. The Labute approximate surface area is 202 Å². The molecule has 0 aliphatic rings. The number of para-hydroxylation sites is 1. The van der Waals surface area contributed by atoms with Gasteiger partial charge >= 0.3 is 0 Å². The minimum atomic E-state index is -0.325. The van der Waals surface area contributed by atoms with Gasteiger partial charge in [0.15, 0.2) is 11.0 Å². The summed E-state index contributed by atoms with van der Waals surface area (Å²) in [7, 11) is 2.04. The Kier molecular flexibility index (Phi) is 7.87. The summed E-state index contributed by atoms with van der Waals surface area (Å²) in [6, 6.07) is 19.9. The summed E-state index contributed by atoms with van der Waals surface area (Å²) >= 11 is 1.29. The minimum absolute atomic E-state index is 0.0773. The fourth-order valence-electron chi connectivity index (χ4n) is 3.41. The molecule has 7 nitrogen and oxygen atoms in total. The van der Waals surface area contributed by atoms with Crippen LogP contribution in [-0.2, 0) is 4.79 Å². The van der Waals surface area contributed by atoms with Crippen LogP contribution in [0.3, 0.4) is 0 Å². The number of carbonyl (C=O) groups is 1. The third-order valence-electron chi connectivity index (χ3n) is 5.18. The van der Waals surface area contributed by atoms with Crippen molar-refractivity contribution in [1.29, 1.82) is 0 Å². The first kappa shape index (κ1) is 23.4. The second-order valence-corrected chi connectivity index (χ2v) is 8.55. The van der Waals surface area contributed by atoms with E-state index in [4.69, 9.17) is 0 Å². The zero-order chi connectivity index (χ0) is 23.8. The Morgan fingerprint density at radius 1 is 1.03 bits per heavy atom. The summed E-state index contributed by atoms with van der Waals surface area (Å²) in [6.45, 7) is 1.43. The van der Waals surface area contributed by atoms with Crippen LogP contribution in [0.1, 0.15) is 6.42 Å². The normalized spacial score (nSPS) is 10.8. The van der Waals surface area contributed by atoms with E-state index >= 15 is 0 Å². The molecule has 4 aromatic rings. The van der Waals surface area contributed by atoms with Crippen molar-refractivity contribution >= 4 is 23.4 Å². The molecule has 0 spiro atoms. The molecule has 1 N–H and O–H groups in total. The van der Waals surface area contributed by atoms with Crippen LogP contribution >= 0.6 is 11.8 Å². The second kappa shape index (κ2) is 11.4. The van der Waals surface area contributed by atoms with E-state index in [0.717, 1.165) is 24.2 Å². The first-order valence-electron chi connectivity index (χ1n) is 10.9. The summed E-state index contributed by atoms with van der Waals surface area (Å²) in [5, 5.41) is 12.1. The summed E-state index contributed by atoms with van der Waals surface area (Å²) < 4.78 is 15.3. The number of rotatable bonds is 10. The van der Waals surface area contributed by atoms with Gasteiger partial charge in [0.05, 0.1) is 5.75 Å². The van der Waals surface area contributed by atoms with Gasteiger partial charge in [0.2, 0.25) is 5.91 Å². The third kappa shape index (κ3) is 5.99. The molecular formula is C25H25FN6OS. The fourth-order valence-corrected chi connectivity index (χ4v) is 4.19. The number of amides is 1. The number of thioether (sulfide) groups is 1. The molecule has 34 heavy (non-hydrogen) atoms. The monoisotopic (exact) mass is 476 g/mol. The standard InChI is InChI=1S/C25H25FN6OS/c1-31(21-6-3-2-4-7-21)17-5-14-28-23(33)18-34-25-30-29-24(19-12-15-27-16-13-19)32(25)22-10-8-20(26)9-11-22/h2-4,6-13,15-16H,5,14,17-18H2,1H3,(H,28,33). The predicted molar refractivity (Wildman–Crippen MR) is 133 cm³/mol. The van der Waals surface area contributed by atoms with E-state index in [1.807, 2.05) is 41.9 Å². The number of aromatic nitrogens is 4. The number of nitrogens with one attached hydrogen (secondary N) is 1. The van der Waals surface area contributed by atoms with Crippen molar-refractivity contribution < 1.29 is 9.18 Å². The van der Waals surface area contributed by atoms with Gasteiger partial charge in [-0.25, -0.2) is 4.39 Å². The Bertz CT molecular complexity index is 1200. The molecule has 0 unspecified atom stereocenters. The van der Waals surface area contributed by atoms with Crippen molar-refractivity contribution in [3.8, 4) is 17.1 Å². The van der Waals surface area contributed by atoms with E-state index < -0.39 is 0 Å². The lowest BCUT2D eigenvalue weighted by molar-refractivity contribution is -0.118. The highest BCUT2D eigenvalue weighted by Crippen LogP contribution is 2.27. The van der Waals surface area contributed by atoms with Gasteiger partial charge < -0.3 is 10.2 Å². The number of anilines is 1. The van der Waals surface area contributed by atoms with Gasteiger partial charge in [-0.2, -0.15) is 0 Å². The number of pyridine rings is 1. The van der Waals surface area contributed by atoms with E-state index in [1.165, 1.54) is 23.9 Å². The molecule has 0 fully saturated rings. The lowest BCUT2D eigenvalue weighted by Gasteiger charge is -2.19. The molecule has 0 saturated carbocycles. The van der Waals surface area contributed by atoms with Gasteiger partial charge in [-0.3, -0.25) is 14.3 Å². The number of halogens is 1. The Hall–Kier alpha value is -3.72. The van der Waals surface area contributed by atoms with Crippen molar-refractivity contribution in [2.24, 2.45) is 0 Å². The summed E-state index contributed by atoms with van der Waals surface area (Å²) in [4.78, 5) is 18.6. The highest BCUT2D eigenvalue weighted by Gasteiger charge is 2.17. The number of hydrogen-bond donors (Lipinski definition) is 1. The van der Waals surface area contributed by atoms with Crippen molar-refractivity contribution in [1.82, 2.24) is 25.1 Å². The van der Waals surface area contributed by atoms with Gasteiger partial charge in [-0.15, -0.1) is 10.2 Å². The van der Waals surface area contributed by atoms with E-state index in [1.54, 1.807) is 24.5 Å². The average Bonchev–Trinajstić information content (AvgIpc) is 3.31. The van der Waals surface area contributed by atoms with Crippen molar-refractivity contribution in [3.63, 3.8) is 0 Å². The Morgan fingerprint density at radius 2 is 1.76 bits per heavy atom. The zero-order valence-corrected chi connectivity index (χ0v) is 19.6. The Morgan fingerprint density at radius 3 is 2.50 bits per heavy atom. The van der Waals surface area contributed by atoms with Crippen LogP contribution < -0.4 is 10.2 Å². The molecule has 0 aliphatic carbocycles. The highest BCUT2D eigenvalue weighted by molar-refractivity contribution is 7.99. The molecule has 174 valence electrons. The van der Waals surface area contributed by atoms with Gasteiger partial charge in [-0.05, 0) is 55.0 Å². The minimum Gasteiger partial charge on any atom is -0.375 e. The number of carbonyl (C=O) groups excluding carboxylic acids is 1. The van der Waals surface area contributed by atoms with Gasteiger partial charge in [0, 0.05) is 49.5 Å². The molecule has 2 heterocycles. The molecule has 0 bridgehead atoms. The first-order valence-corrected chi connectivity index (χ1v) is 11.9. The zero-order valence-electron chi connectivity index (χ0n) is 18.8. The van der Waals surface area contributed by atoms with Gasteiger partial charge in [0.1, 0.15) is 5.82 Å². The Balaban J connectivity index is 1.36. The highest BCUT2D eigenvalue weighted by atomic mass is 32.2. The van der Waals surface area contributed by atoms with E-state index in [0.29, 0.717) is 23.2 Å². The van der Waals surface area contributed by atoms with Crippen LogP contribution in [0.5, 0.6) is 0 Å². The number of hydrogen-bond acceptors (Lipinski definition) is 6. The van der Waals surface area contributed by atoms with Crippen LogP contribution in [0.4, 0.5) is 10.1 Å². The summed E-state index contributed by atoms with van der Waals surface area (Å²) in [5.74, 6) is 0.394. The fraction of sp³-hybridized carbons (Fsp3) is 0.200. The summed E-state index contributed by atoms with van der Waals surface area (Å²) in [6.07, 6.45) is 4.18. The maximum Gasteiger partial charge on any atom is 0.230 e. The maximum absolute atomic E-state index is 13.5. The van der Waals surface area contributed by atoms with Crippen LogP contribution in [0, 0.1) is 5.82 Å². The van der Waals surface area contributed by atoms with Crippen molar-refractivity contribution in [2.45, 2.75) is 11.6 Å². The van der Waals surface area contributed by atoms with Gasteiger partial charge in [-0.1, -0.05) is 30.0 Å². The van der Waals surface area contributed by atoms with Crippen LogP contribution in [0.2, 0.25) is 0 Å². The molecule has 0 atom stereocenters. The van der Waals surface area contributed by atoms with E-state index in [-0.39, 0.29) is 17.5 Å². The van der Waals surface area contributed by atoms with Crippen molar-refractivity contribution in [2.75, 3.05) is 30.8 Å². The molecule has 0 radical (unpaired) electrons. The molecular weight excluding hydrogens is 451 g/mol.